The van der Waals surface area contributed by atoms with Gasteiger partial charge in [-0.05, 0) is 18.2 Å². The molecule has 0 atom stereocenters. The van der Waals surface area contributed by atoms with Gasteiger partial charge in [-0.3, -0.25) is 4.79 Å². The van der Waals surface area contributed by atoms with Gasteiger partial charge in [0.25, 0.3) is 0 Å². The quantitative estimate of drug-likeness (QED) is 0.744. The number of pyridine rings is 1. The zero-order valence-corrected chi connectivity index (χ0v) is 9.31. The van der Waals surface area contributed by atoms with E-state index in [1.165, 1.54) is 11.8 Å². The zero-order valence-electron chi connectivity index (χ0n) is 7.74. The van der Waals surface area contributed by atoms with Gasteiger partial charge in [0.15, 0.2) is 5.12 Å². The molecule has 0 saturated heterocycles. The summed E-state index contributed by atoms with van der Waals surface area (Å²) < 4.78 is 0. The Balaban J connectivity index is 2.47. The van der Waals surface area contributed by atoms with E-state index in [1.54, 1.807) is 13.0 Å². The van der Waals surface area contributed by atoms with Gasteiger partial charge in [-0.2, -0.15) is 0 Å². The van der Waals surface area contributed by atoms with Crippen molar-refractivity contribution >= 4 is 34.6 Å². The van der Waals surface area contributed by atoms with E-state index >= 15 is 0 Å². The molecule has 0 amide bonds. The first-order valence-electron chi connectivity index (χ1n) is 4.11. The molecule has 1 aromatic heterocycles. The van der Waals surface area contributed by atoms with Crippen molar-refractivity contribution in [3.05, 3.63) is 35.1 Å². The highest BCUT2D eigenvalue weighted by Gasteiger charge is 1.91. The molecule has 0 aliphatic carbocycles. The first-order chi connectivity index (χ1) is 6.68. The van der Waals surface area contributed by atoms with Crippen LogP contribution in [0.2, 0.25) is 5.15 Å². The summed E-state index contributed by atoms with van der Waals surface area (Å²) in [5.74, 6) is 0.670. The summed E-state index contributed by atoms with van der Waals surface area (Å²) in [5, 5.41) is 0.597. The normalized spacial score (nSPS) is 10.7. The van der Waals surface area contributed by atoms with Crippen LogP contribution in [0.5, 0.6) is 0 Å². The highest BCUT2D eigenvalue weighted by Crippen LogP contribution is 2.07. The number of carbonyl (C=O) groups excluding carboxylic acids is 1. The second kappa shape index (κ2) is 5.83. The Morgan fingerprint density at radius 3 is 3.07 bits per heavy atom. The van der Waals surface area contributed by atoms with Crippen LogP contribution in [0, 0.1) is 0 Å². The number of rotatable bonds is 3. The predicted molar refractivity (Wildman–Crippen MR) is 61.4 cm³/mol. The van der Waals surface area contributed by atoms with Gasteiger partial charge < -0.3 is 0 Å². The fourth-order valence-corrected chi connectivity index (χ4v) is 1.45. The van der Waals surface area contributed by atoms with Crippen LogP contribution in [-0.2, 0) is 4.79 Å². The van der Waals surface area contributed by atoms with E-state index in [-0.39, 0.29) is 5.12 Å². The number of thioether (sulfide) groups is 1. The second-order valence-electron chi connectivity index (χ2n) is 2.59. The van der Waals surface area contributed by atoms with Gasteiger partial charge in [0.1, 0.15) is 5.15 Å². The van der Waals surface area contributed by atoms with Crippen LogP contribution in [0.25, 0.3) is 6.08 Å². The molecule has 0 aromatic carbocycles. The van der Waals surface area contributed by atoms with E-state index < -0.39 is 0 Å². The fraction of sp³-hybridized carbons (Fsp3) is 0.200. The predicted octanol–water partition coefficient (Wildman–Crippen LogP) is 3.03. The van der Waals surface area contributed by atoms with E-state index in [4.69, 9.17) is 11.6 Å². The van der Waals surface area contributed by atoms with Crippen molar-refractivity contribution in [1.82, 2.24) is 4.98 Å². The van der Waals surface area contributed by atoms with Gasteiger partial charge >= 0.3 is 0 Å². The zero-order chi connectivity index (χ0) is 10.4. The van der Waals surface area contributed by atoms with Crippen LogP contribution < -0.4 is 0 Å². The number of halogens is 1. The minimum absolute atomic E-state index is 0.119. The van der Waals surface area contributed by atoms with E-state index in [0.29, 0.717) is 10.9 Å². The van der Waals surface area contributed by atoms with Crippen LogP contribution in [0.3, 0.4) is 0 Å². The number of nitrogens with zero attached hydrogens (tertiary/aromatic N) is 1. The molecule has 4 heteroatoms. The molecule has 1 rings (SSSR count). The second-order valence-corrected chi connectivity index (χ2v) is 4.17. The minimum Gasteiger partial charge on any atom is -0.288 e. The Morgan fingerprint density at radius 2 is 2.43 bits per heavy atom. The Labute approximate surface area is 92.4 Å². The van der Waals surface area contributed by atoms with Crippen LogP contribution in [0.15, 0.2) is 24.3 Å². The molecule has 0 radical (unpaired) electrons. The highest BCUT2D eigenvalue weighted by molar-refractivity contribution is 8.13. The SMILES string of the molecule is CC(=O)SCC=Cc1cccc(Cl)n1. The minimum atomic E-state index is 0.119. The summed E-state index contributed by atoms with van der Waals surface area (Å²) in [6.07, 6.45) is 3.74. The molecule has 14 heavy (non-hydrogen) atoms. The van der Waals surface area contributed by atoms with Gasteiger partial charge in [-0.1, -0.05) is 35.5 Å². The van der Waals surface area contributed by atoms with Crippen molar-refractivity contribution < 1.29 is 4.79 Å². The van der Waals surface area contributed by atoms with E-state index in [1.807, 2.05) is 24.3 Å². The lowest BCUT2D eigenvalue weighted by Gasteiger charge is -1.93. The Kier molecular flexibility index (Phi) is 4.70. The molecule has 0 fully saturated rings. The van der Waals surface area contributed by atoms with Crippen molar-refractivity contribution in [2.75, 3.05) is 5.75 Å². The third-order valence-electron chi connectivity index (χ3n) is 1.41. The summed E-state index contributed by atoms with van der Waals surface area (Å²) in [6.45, 7) is 1.55. The largest absolute Gasteiger partial charge is 0.288 e. The third kappa shape index (κ3) is 4.44. The number of hydrogen-bond donors (Lipinski definition) is 0. The van der Waals surface area contributed by atoms with E-state index in [0.717, 1.165) is 5.69 Å². The Morgan fingerprint density at radius 1 is 1.64 bits per heavy atom. The van der Waals surface area contributed by atoms with Crippen molar-refractivity contribution in [3.63, 3.8) is 0 Å². The first-order valence-corrected chi connectivity index (χ1v) is 5.47. The number of aromatic nitrogens is 1. The summed E-state index contributed by atoms with van der Waals surface area (Å²) in [5.41, 5.74) is 0.807. The van der Waals surface area contributed by atoms with Gasteiger partial charge in [-0.25, -0.2) is 4.98 Å². The molecule has 0 bridgehead atoms. The maximum absolute atomic E-state index is 10.6. The molecular formula is C10H10ClNOS. The van der Waals surface area contributed by atoms with Crippen LogP contribution in [0.4, 0.5) is 0 Å². The lowest BCUT2D eigenvalue weighted by atomic mass is 10.3. The lowest BCUT2D eigenvalue weighted by Crippen LogP contribution is -1.83. The molecule has 1 aromatic rings. The van der Waals surface area contributed by atoms with Crippen molar-refractivity contribution in [2.24, 2.45) is 0 Å². The molecule has 74 valence electrons. The van der Waals surface area contributed by atoms with Crippen molar-refractivity contribution in [3.8, 4) is 0 Å². The molecule has 2 nitrogen and oxygen atoms in total. The topological polar surface area (TPSA) is 30.0 Å². The monoisotopic (exact) mass is 227 g/mol. The van der Waals surface area contributed by atoms with Crippen molar-refractivity contribution in [2.45, 2.75) is 6.92 Å². The molecule has 1 heterocycles. The first kappa shape index (κ1) is 11.3. The summed E-state index contributed by atoms with van der Waals surface area (Å²) in [6, 6.07) is 5.43. The maximum atomic E-state index is 10.6. The summed E-state index contributed by atoms with van der Waals surface area (Å²) in [4.78, 5) is 14.7. The standard InChI is InChI=1S/C10H10ClNOS/c1-8(13)14-7-3-5-9-4-2-6-10(11)12-9/h2-6H,7H2,1H3. The van der Waals surface area contributed by atoms with Gasteiger partial charge in [0, 0.05) is 12.7 Å². The van der Waals surface area contributed by atoms with E-state index in [2.05, 4.69) is 4.98 Å². The number of hydrogen-bond acceptors (Lipinski definition) is 3. The summed E-state index contributed by atoms with van der Waals surface area (Å²) >= 11 is 6.97. The maximum Gasteiger partial charge on any atom is 0.186 e. The highest BCUT2D eigenvalue weighted by atomic mass is 35.5. The third-order valence-corrected chi connectivity index (χ3v) is 2.38. The molecule has 0 aliphatic rings. The molecule has 0 saturated carbocycles. The van der Waals surface area contributed by atoms with Crippen LogP contribution in [-0.4, -0.2) is 15.9 Å². The van der Waals surface area contributed by atoms with Crippen LogP contribution >= 0.6 is 23.4 Å². The molecule has 0 N–H and O–H groups in total. The molecule has 0 aliphatic heterocycles. The lowest BCUT2D eigenvalue weighted by molar-refractivity contribution is -0.109. The number of carbonyl (C=O) groups is 1. The van der Waals surface area contributed by atoms with E-state index in [9.17, 15) is 4.79 Å². The van der Waals surface area contributed by atoms with Gasteiger partial charge in [-0.15, -0.1) is 0 Å². The summed E-state index contributed by atoms with van der Waals surface area (Å²) in [7, 11) is 0. The van der Waals surface area contributed by atoms with Gasteiger partial charge in [0.2, 0.25) is 0 Å². The smallest absolute Gasteiger partial charge is 0.186 e. The molecule has 0 spiro atoms. The van der Waals surface area contributed by atoms with Crippen molar-refractivity contribution in [1.29, 1.82) is 0 Å². The van der Waals surface area contributed by atoms with Crippen LogP contribution in [0.1, 0.15) is 12.6 Å². The Bertz CT molecular complexity index is 352. The average Bonchev–Trinajstić information content (AvgIpc) is 2.12. The Hall–Kier alpha value is -0.800. The molecular weight excluding hydrogens is 218 g/mol. The average molecular weight is 228 g/mol. The fourth-order valence-electron chi connectivity index (χ4n) is 0.851. The van der Waals surface area contributed by atoms with Gasteiger partial charge in [0.05, 0.1) is 5.69 Å². The molecule has 0 unspecified atom stereocenters.